The van der Waals surface area contributed by atoms with E-state index >= 15 is 0 Å². The molecule has 0 radical (unpaired) electrons. The number of benzene rings is 1. The van der Waals surface area contributed by atoms with E-state index in [1.54, 1.807) is 25.1 Å². The predicted molar refractivity (Wildman–Crippen MR) is 100 cm³/mol. The van der Waals surface area contributed by atoms with Gasteiger partial charge < -0.3 is 5.32 Å². The molecule has 0 unspecified atom stereocenters. The minimum absolute atomic E-state index is 0.0417. The summed E-state index contributed by atoms with van der Waals surface area (Å²) in [7, 11) is -3.44. The maximum absolute atomic E-state index is 12.1. The molecule has 1 aromatic rings. The second kappa shape index (κ2) is 9.28. The zero-order valence-corrected chi connectivity index (χ0v) is 16.4. The molecule has 1 amide bonds. The van der Waals surface area contributed by atoms with Gasteiger partial charge in [-0.1, -0.05) is 31.5 Å². The molecule has 0 bridgehead atoms. The third-order valence-electron chi connectivity index (χ3n) is 4.02. The molecule has 0 fully saturated rings. The zero-order chi connectivity index (χ0) is 18.3. The number of rotatable bonds is 9. The smallest absolute Gasteiger partial charge is 0.232 e. The molecule has 0 aliphatic rings. The monoisotopic (exact) mass is 374 g/mol. The number of hydrogen-bond acceptors (Lipinski definition) is 3. The van der Waals surface area contributed by atoms with Crippen LogP contribution in [0.1, 0.15) is 45.1 Å². The van der Waals surface area contributed by atoms with Gasteiger partial charge in [0.2, 0.25) is 15.9 Å². The molecule has 0 saturated heterocycles. The van der Waals surface area contributed by atoms with E-state index in [2.05, 4.69) is 5.32 Å². The Bertz CT molecular complexity index is 658. The van der Waals surface area contributed by atoms with Gasteiger partial charge in [-0.15, -0.1) is 0 Å². The van der Waals surface area contributed by atoms with E-state index in [0.29, 0.717) is 29.1 Å². The standard InChI is InChI=1S/C17H27ClN2O3S/c1-5-14(6-2)19-17(21)11-8-12-20(24(4,22)23)16-10-7-9-15(18)13(16)3/h7,9-10,14H,5-6,8,11-12H2,1-4H3,(H,19,21). The van der Waals surface area contributed by atoms with Crippen LogP contribution in [-0.4, -0.2) is 33.2 Å². The summed E-state index contributed by atoms with van der Waals surface area (Å²) in [5.41, 5.74) is 1.27. The van der Waals surface area contributed by atoms with E-state index in [4.69, 9.17) is 11.6 Å². The molecule has 1 N–H and O–H groups in total. The lowest BCUT2D eigenvalue weighted by molar-refractivity contribution is -0.121. The summed E-state index contributed by atoms with van der Waals surface area (Å²) in [5.74, 6) is -0.0417. The SMILES string of the molecule is CCC(CC)NC(=O)CCCN(c1cccc(Cl)c1C)S(C)(=O)=O. The normalized spacial score (nSPS) is 11.6. The number of hydrogen-bond donors (Lipinski definition) is 1. The van der Waals surface area contributed by atoms with Crippen molar-refractivity contribution in [2.45, 2.75) is 52.5 Å². The molecule has 5 nitrogen and oxygen atoms in total. The van der Waals surface area contributed by atoms with Crippen molar-refractivity contribution in [3.63, 3.8) is 0 Å². The highest BCUT2D eigenvalue weighted by atomic mass is 35.5. The first-order valence-corrected chi connectivity index (χ1v) is 10.5. The topological polar surface area (TPSA) is 66.5 Å². The van der Waals surface area contributed by atoms with Crippen molar-refractivity contribution in [1.82, 2.24) is 5.32 Å². The average Bonchev–Trinajstić information content (AvgIpc) is 2.51. The Kier molecular flexibility index (Phi) is 8.03. The second-order valence-electron chi connectivity index (χ2n) is 5.90. The average molecular weight is 375 g/mol. The minimum Gasteiger partial charge on any atom is -0.353 e. The molecule has 0 aromatic heterocycles. The van der Waals surface area contributed by atoms with Crippen molar-refractivity contribution in [1.29, 1.82) is 0 Å². The number of anilines is 1. The Morgan fingerprint density at radius 2 is 1.92 bits per heavy atom. The lowest BCUT2D eigenvalue weighted by Gasteiger charge is -2.24. The molecule has 136 valence electrons. The Hall–Kier alpha value is -1.27. The number of carbonyl (C=O) groups excluding carboxylic acids is 1. The molecule has 0 atom stereocenters. The van der Waals surface area contributed by atoms with Gasteiger partial charge in [0.15, 0.2) is 0 Å². The number of halogens is 1. The first-order chi connectivity index (χ1) is 11.2. The summed E-state index contributed by atoms with van der Waals surface area (Å²) < 4.78 is 25.6. The van der Waals surface area contributed by atoms with E-state index < -0.39 is 10.0 Å². The second-order valence-corrected chi connectivity index (χ2v) is 8.22. The van der Waals surface area contributed by atoms with Crippen LogP contribution >= 0.6 is 11.6 Å². The van der Waals surface area contributed by atoms with Crippen LogP contribution in [-0.2, 0) is 14.8 Å². The van der Waals surface area contributed by atoms with E-state index in [0.717, 1.165) is 19.1 Å². The quantitative estimate of drug-likeness (QED) is 0.719. The van der Waals surface area contributed by atoms with Gasteiger partial charge >= 0.3 is 0 Å². The lowest BCUT2D eigenvalue weighted by Crippen LogP contribution is -2.35. The Morgan fingerprint density at radius 1 is 1.29 bits per heavy atom. The summed E-state index contributed by atoms with van der Waals surface area (Å²) in [6, 6.07) is 5.36. The highest BCUT2D eigenvalue weighted by Gasteiger charge is 2.20. The van der Waals surface area contributed by atoms with E-state index in [9.17, 15) is 13.2 Å². The van der Waals surface area contributed by atoms with Gasteiger partial charge in [0.05, 0.1) is 11.9 Å². The van der Waals surface area contributed by atoms with Crippen molar-refractivity contribution in [2.24, 2.45) is 0 Å². The van der Waals surface area contributed by atoms with E-state index in [1.807, 2.05) is 13.8 Å². The van der Waals surface area contributed by atoms with Crippen LogP contribution in [0.15, 0.2) is 18.2 Å². The molecular weight excluding hydrogens is 348 g/mol. The number of nitrogens with one attached hydrogen (secondary N) is 1. The van der Waals surface area contributed by atoms with Crippen LogP contribution in [0, 0.1) is 6.92 Å². The van der Waals surface area contributed by atoms with Crippen LogP contribution in [0.25, 0.3) is 0 Å². The van der Waals surface area contributed by atoms with Gasteiger partial charge in [-0.2, -0.15) is 0 Å². The maximum atomic E-state index is 12.1. The third kappa shape index (κ3) is 5.98. The van der Waals surface area contributed by atoms with Crippen molar-refractivity contribution >= 4 is 33.2 Å². The van der Waals surface area contributed by atoms with Crippen molar-refractivity contribution in [3.05, 3.63) is 28.8 Å². The van der Waals surface area contributed by atoms with E-state index in [-0.39, 0.29) is 18.5 Å². The molecular formula is C17H27ClN2O3S. The van der Waals surface area contributed by atoms with Gasteiger partial charge in [-0.05, 0) is 43.9 Å². The molecule has 24 heavy (non-hydrogen) atoms. The Morgan fingerprint density at radius 3 is 2.46 bits per heavy atom. The van der Waals surface area contributed by atoms with Gasteiger partial charge in [0.25, 0.3) is 0 Å². The fourth-order valence-corrected chi connectivity index (χ4v) is 3.69. The maximum Gasteiger partial charge on any atom is 0.232 e. The molecule has 0 heterocycles. The lowest BCUT2D eigenvalue weighted by atomic mass is 10.1. The number of amides is 1. The fraction of sp³-hybridized carbons (Fsp3) is 0.588. The van der Waals surface area contributed by atoms with Crippen LogP contribution in [0.2, 0.25) is 5.02 Å². The van der Waals surface area contributed by atoms with E-state index in [1.165, 1.54) is 4.31 Å². The van der Waals surface area contributed by atoms with Crippen molar-refractivity contribution < 1.29 is 13.2 Å². The minimum atomic E-state index is -3.44. The van der Waals surface area contributed by atoms with Crippen molar-refractivity contribution in [3.8, 4) is 0 Å². The Balaban J connectivity index is 2.76. The molecule has 0 saturated carbocycles. The molecule has 7 heteroatoms. The number of carbonyl (C=O) groups is 1. The zero-order valence-electron chi connectivity index (χ0n) is 14.8. The highest BCUT2D eigenvalue weighted by molar-refractivity contribution is 7.92. The molecule has 1 rings (SSSR count). The van der Waals surface area contributed by atoms with Gasteiger partial charge in [-0.25, -0.2) is 8.42 Å². The molecule has 0 aliphatic carbocycles. The predicted octanol–water partition coefficient (Wildman–Crippen LogP) is 3.50. The van der Waals surface area contributed by atoms with Gasteiger partial charge in [0.1, 0.15) is 0 Å². The molecule has 1 aromatic carbocycles. The largest absolute Gasteiger partial charge is 0.353 e. The Labute approximate surface area is 150 Å². The summed E-state index contributed by atoms with van der Waals surface area (Å²) in [6.07, 6.45) is 3.68. The summed E-state index contributed by atoms with van der Waals surface area (Å²) >= 11 is 6.10. The number of sulfonamides is 1. The van der Waals surface area contributed by atoms with Crippen LogP contribution < -0.4 is 9.62 Å². The summed E-state index contributed by atoms with van der Waals surface area (Å²) in [4.78, 5) is 12.0. The summed E-state index contributed by atoms with van der Waals surface area (Å²) in [5, 5.41) is 3.48. The highest BCUT2D eigenvalue weighted by Crippen LogP contribution is 2.28. The molecule has 0 spiro atoms. The van der Waals surface area contributed by atoms with Crippen LogP contribution in [0.5, 0.6) is 0 Å². The van der Waals surface area contributed by atoms with Crippen LogP contribution in [0.3, 0.4) is 0 Å². The molecule has 0 aliphatic heterocycles. The van der Waals surface area contributed by atoms with Crippen LogP contribution in [0.4, 0.5) is 5.69 Å². The third-order valence-corrected chi connectivity index (χ3v) is 5.61. The summed E-state index contributed by atoms with van der Waals surface area (Å²) in [6.45, 7) is 6.09. The van der Waals surface area contributed by atoms with Gasteiger partial charge in [0, 0.05) is 24.0 Å². The van der Waals surface area contributed by atoms with Gasteiger partial charge in [-0.3, -0.25) is 9.10 Å². The number of nitrogens with zero attached hydrogens (tertiary/aromatic N) is 1. The fourth-order valence-electron chi connectivity index (χ4n) is 2.51. The van der Waals surface area contributed by atoms with Crippen molar-refractivity contribution in [2.75, 3.05) is 17.1 Å². The first-order valence-electron chi connectivity index (χ1n) is 8.22. The first kappa shape index (κ1) is 20.8.